The van der Waals surface area contributed by atoms with Crippen LogP contribution in [0.2, 0.25) is 10.0 Å². The summed E-state index contributed by atoms with van der Waals surface area (Å²) in [5, 5.41) is 10.7. The molecule has 0 atom stereocenters. The fourth-order valence-corrected chi connectivity index (χ4v) is 2.68. The Hall–Kier alpha value is -3.11. The van der Waals surface area contributed by atoms with Gasteiger partial charge >= 0.3 is 6.18 Å². The third kappa shape index (κ3) is 6.19. The number of aromatic amines is 1. The van der Waals surface area contributed by atoms with Gasteiger partial charge in [-0.05, 0) is 42.0 Å². The second-order valence-electron chi connectivity index (χ2n) is 6.16. The van der Waals surface area contributed by atoms with Crippen LogP contribution in [-0.2, 0) is 12.7 Å². The van der Waals surface area contributed by atoms with Crippen LogP contribution < -0.4 is 10.6 Å². The maximum atomic E-state index is 13.3. The zero-order valence-corrected chi connectivity index (χ0v) is 16.9. The van der Waals surface area contributed by atoms with Crippen LogP contribution in [-0.4, -0.2) is 22.1 Å². The fourth-order valence-electron chi connectivity index (χ4n) is 2.35. The number of nitrogens with one attached hydrogen (secondary N) is 3. The Balaban J connectivity index is 1.83. The second-order valence-corrected chi connectivity index (χ2v) is 7.01. The molecule has 12 heteroatoms. The molecule has 1 amide bonds. The van der Waals surface area contributed by atoms with Gasteiger partial charge in [0.05, 0.1) is 11.6 Å². The van der Waals surface area contributed by atoms with Gasteiger partial charge in [-0.15, -0.1) is 0 Å². The lowest BCUT2D eigenvalue weighted by atomic mass is 10.2. The van der Waals surface area contributed by atoms with Gasteiger partial charge in [-0.3, -0.25) is 15.2 Å². The van der Waals surface area contributed by atoms with Crippen molar-refractivity contribution in [1.82, 2.24) is 15.5 Å². The van der Waals surface area contributed by atoms with Crippen molar-refractivity contribution >= 4 is 40.9 Å². The first kappa shape index (κ1) is 22.6. The van der Waals surface area contributed by atoms with Gasteiger partial charge in [0.2, 0.25) is 5.96 Å². The Kier molecular flexibility index (Phi) is 6.81. The third-order valence-electron chi connectivity index (χ3n) is 3.87. The van der Waals surface area contributed by atoms with E-state index in [9.17, 15) is 22.4 Å². The van der Waals surface area contributed by atoms with Crippen molar-refractivity contribution in [3.05, 3.63) is 81.2 Å². The first-order chi connectivity index (χ1) is 14.6. The molecule has 0 aliphatic rings. The lowest BCUT2D eigenvalue weighted by Gasteiger charge is -2.10. The molecule has 1 heterocycles. The lowest BCUT2D eigenvalue weighted by Crippen LogP contribution is -2.36. The van der Waals surface area contributed by atoms with Crippen molar-refractivity contribution in [2.45, 2.75) is 12.7 Å². The number of amides is 1. The van der Waals surface area contributed by atoms with Gasteiger partial charge in [0.1, 0.15) is 11.5 Å². The molecule has 3 N–H and O–H groups in total. The highest BCUT2D eigenvalue weighted by molar-refractivity contribution is 6.31. The quantitative estimate of drug-likeness (QED) is 0.274. The number of carbonyl (C=O) groups is 1. The van der Waals surface area contributed by atoms with E-state index in [1.54, 1.807) is 0 Å². The number of benzene rings is 2. The molecule has 1 aromatic heterocycles. The standard InChI is InChI=1S/C19H13Cl2F4N5O/c20-12-4-2-11(3-5-12)17(31)28-18(26-9-10-1-6-14(22)13(21)7-10)27-16-8-15(29-30-16)19(23,24)25/h1-8H,9H2,(H3,26,27,28,29,30,31). The largest absolute Gasteiger partial charge is 0.432 e. The molecular formula is C19H13Cl2F4N5O. The summed E-state index contributed by atoms with van der Waals surface area (Å²) < 4.78 is 51.7. The molecule has 3 rings (SSSR count). The average Bonchev–Trinajstić information content (AvgIpc) is 3.18. The number of carbonyl (C=O) groups excluding carboxylic acids is 1. The molecule has 0 saturated carbocycles. The first-order valence-corrected chi connectivity index (χ1v) is 9.32. The molecule has 0 unspecified atom stereocenters. The van der Waals surface area contributed by atoms with E-state index in [1.165, 1.54) is 36.4 Å². The SMILES string of the molecule is O=C(NC(=NCc1ccc(F)c(Cl)c1)Nc1cc(C(F)(F)F)[nH]n1)c1ccc(Cl)cc1. The van der Waals surface area contributed by atoms with E-state index in [-0.39, 0.29) is 28.9 Å². The van der Waals surface area contributed by atoms with Crippen molar-refractivity contribution < 1.29 is 22.4 Å². The zero-order valence-electron chi connectivity index (χ0n) is 15.4. The van der Waals surface area contributed by atoms with Crippen molar-refractivity contribution in [3.8, 4) is 0 Å². The van der Waals surface area contributed by atoms with Crippen LogP contribution in [0.1, 0.15) is 21.6 Å². The molecule has 0 radical (unpaired) electrons. The molecule has 3 aromatic rings. The molecule has 0 aliphatic heterocycles. The Morgan fingerprint density at radius 3 is 2.42 bits per heavy atom. The highest BCUT2D eigenvalue weighted by atomic mass is 35.5. The van der Waals surface area contributed by atoms with Crippen molar-refractivity contribution in [1.29, 1.82) is 0 Å². The Labute approximate surface area is 183 Å². The van der Waals surface area contributed by atoms with Gasteiger partial charge in [0.15, 0.2) is 5.82 Å². The maximum absolute atomic E-state index is 13.3. The summed E-state index contributed by atoms with van der Waals surface area (Å²) in [6.07, 6.45) is -4.62. The summed E-state index contributed by atoms with van der Waals surface area (Å²) in [5.74, 6) is -1.60. The van der Waals surface area contributed by atoms with Crippen LogP contribution >= 0.6 is 23.2 Å². The highest BCUT2D eigenvalue weighted by Gasteiger charge is 2.33. The van der Waals surface area contributed by atoms with E-state index in [0.29, 0.717) is 10.6 Å². The number of aliphatic imine (C=N–C) groups is 1. The molecule has 162 valence electrons. The van der Waals surface area contributed by atoms with E-state index < -0.39 is 23.6 Å². The topological polar surface area (TPSA) is 82.2 Å². The van der Waals surface area contributed by atoms with E-state index in [0.717, 1.165) is 12.1 Å². The van der Waals surface area contributed by atoms with Gasteiger partial charge < -0.3 is 5.32 Å². The minimum atomic E-state index is -4.62. The van der Waals surface area contributed by atoms with Crippen LogP contribution in [0.5, 0.6) is 0 Å². The van der Waals surface area contributed by atoms with Crippen LogP contribution in [0.25, 0.3) is 0 Å². The Morgan fingerprint density at radius 2 is 1.81 bits per heavy atom. The van der Waals surface area contributed by atoms with Gasteiger partial charge in [-0.25, -0.2) is 9.38 Å². The van der Waals surface area contributed by atoms with Crippen LogP contribution in [0, 0.1) is 5.82 Å². The molecule has 0 aliphatic carbocycles. The van der Waals surface area contributed by atoms with Crippen LogP contribution in [0.3, 0.4) is 0 Å². The molecule has 0 bridgehead atoms. The molecule has 0 spiro atoms. The molecule has 0 fully saturated rings. The second kappa shape index (κ2) is 9.36. The summed E-state index contributed by atoms with van der Waals surface area (Å²) >= 11 is 11.5. The zero-order chi connectivity index (χ0) is 22.6. The molecule has 31 heavy (non-hydrogen) atoms. The number of nitrogens with zero attached hydrogens (tertiary/aromatic N) is 2. The molecule has 6 nitrogen and oxygen atoms in total. The number of hydrogen-bond acceptors (Lipinski definition) is 3. The fraction of sp³-hybridized carbons (Fsp3) is 0.105. The maximum Gasteiger partial charge on any atom is 0.432 e. The van der Waals surface area contributed by atoms with Crippen molar-refractivity contribution in [3.63, 3.8) is 0 Å². The highest BCUT2D eigenvalue weighted by Crippen LogP contribution is 2.28. The summed E-state index contributed by atoms with van der Waals surface area (Å²) in [7, 11) is 0. The number of halogens is 6. The number of H-pyrrole nitrogens is 1. The van der Waals surface area contributed by atoms with Gasteiger partial charge in [0.25, 0.3) is 5.91 Å². The first-order valence-electron chi connectivity index (χ1n) is 8.57. The summed E-state index contributed by atoms with van der Waals surface area (Å²) in [5.41, 5.74) is -0.338. The molecule has 0 saturated heterocycles. The van der Waals surface area contributed by atoms with Crippen LogP contribution in [0.4, 0.5) is 23.4 Å². The molecule has 2 aromatic carbocycles. The summed E-state index contributed by atoms with van der Waals surface area (Å²) in [4.78, 5) is 16.6. The smallest absolute Gasteiger partial charge is 0.309 e. The molecular weight excluding hydrogens is 461 g/mol. The number of guanidine groups is 1. The minimum absolute atomic E-state index is 0.0558. The average molecular weight is 474 g/mol. The van der Waals surface area contributed by atoms with Gasteiger partial charge in [-0.2, -0.15) is 18.3 Å². The van der Waals surface area contributed by atoms with Gasteiger partial charge in [-0.1, -0.05) is 29.3 Å². The van der Waals surface area contributed by atoms with Crippen molar-refractivity contribution in [2.24, 2.45) is 4.99 Å². The number of aromatic nitrogens is 2. The van der Waals surface area contributed by atoms with E-state index >= 15 is 0 Å². The lowest BCUT2D eigenvalue weighted by molar-refractivity contribution is -0.141. The monoisotopic (exact) mass is 473 g/mol. The van der Waals surface area contributed by atoms with E-state index in [4.69, 9.17) is 23.2 Å². The predicted molar refractivity (Wildman–Crippen MR) is 109 cm³/mol. The number of rotatable bonds is 4. The third-order valence-corrected chi connectivity index (χ3v) is 4.41. The normalized spacial score (nSPS) is 12.0. The van der Waals surface area contributed by atoms with Crippen molar-refractivity contribution in [2.75, 3.05) is 5.32 Å². The number of anilines is 1. The predicted octanol–water partition coefficient (Wildman–Crippen LogP) is 5.27. The summed E-state index contributed by atoms with van der Waals surface area (Å²) in [6, 6.07) is 10.6. The number of hydrogen-bond donors (Lipinski definition) is 3. The Morgan fingerprint density at radius 1 is 1.10 bits per heavy atom. The van der Waals surface area contributed by atoms with Crippen LogP contribution in [0.15, 0.2) is 53.5 Å². The van der Waals surface area contributed by atoms with E-state index in [1.807, 2.05) is 5.10 Å². The van der Waals surface area contributed by atoms with Gasteiger partial charge in [0, 0.05) is 16.7 Å². The number of alkyl halides is 3. The minimum Gasteiger partial charge on any atom is -0.309 e. The summed E-state index contributed by atoms with van der Waals surface area (Å²) in [6.45, 7) is -0.0558. The Bertz CT molecular complexity index is 1110. The van der Waals surface area contributed by atoms with E-state index in [2.05, 4.69) is 20.7 Å².